The lowest BCUT2D eigenvalue weighted by Crippen LogP contribution is -1.98. The van der Waals surface area contributed by atoms with Crippen LogP contribution < -0.4 is 0 Å². The average Bonchev–Trinajstić information content (AvgIpc) is 2.21. The molecule has 0 aromatic heterocycles. The molecule has 0 aliphatic heterocycles. The number of ether oxygens (including phenoxy) is 1. The van der Waals surface area contributed by atoms with Crippen LogP contribution in [0, 0.1) is 5.82 Å². The lowest BCUT2D eigenvalue weighted by Gasteiger charge is -2.10. The number of hydrogen-bond acceptors (Lipinski definition) is 2. The Labute approximate surface area is 89.1 Å². The fourth-order valence-electron chi connectivity index (χ4n) is 1.42. The molecule has 0 saturated carbocycles. The molecular weight excluding hydrogens is 195 g/mol. The Kier molecular flexibility index (Phi) is 4.43. The van der Waals surface area contributed by atoms with Crippen molar-refractivity contribution in [2.75, 3.05) is 7.11 Å². The van der Waals surface area contributed by atoms with Crippen LogP contribution in [0.1, 0.15) is 30.4 Å². The van der Waals surface area contributed by atoms with Crippen molar-refractivity contribution in [3.05, 3.63) is 35.1 Å². The maximum absolute atomic E-state index is 13.5. The minimum absolute atomic E-state index is 0.0635. The van der Waals surface area contributed by atoms with Crippen molar-refractivity contribution in [3.63, 3.8) is 0 Å². The second-order valence-electron chi connectivity index (χ2n) is 3.59. The van der Waals surface area contributed by atoms with Crippen LogP contribution in [0.2, 0.25) is 0 Å². The first-order valence-corrected chi connectivity index (χ1v) is 4.90. The number of hydrogen-bond donors (Lipinski definition) is 0. The van der Waals surface area contributed by atoms with E-state index >= 15 is 0 Å². The summed E-state index contributed by atoms with van der Waals surface area (Å²) in [5, 5.41) is 0. The second-order valence-corrected chi connectivity index (χ2v) is 3.59. The number of benzene rings is 1. The normalized spacial score (nSPS) is 12.5. The van der Waals surface area contributed by atoms with Gasteiger partial charge < -0.3 is 9.53 Å². The molecule has 1 aromatic rings. The Morgan fingerprint density at radius 2 is 2.27 bits per heavy atom. The zero-order valence-electron chi connectivity index (χ0n) is 9.00. The molecule has 1 atom stereocenters. The molecule has 1 unspecified atom stereocenters. The molecule has 1 aromatic carbocycles. The van der Waals surface area contributed by atoms with Gasteiger partial charge >= 0.3 is 0 Å². The Hall–Kier alpha value is -1.22. The van der Waals surface area contributed by atoms with Gasteiger partial charge in [-0.2, -0.15) is 0 Å². The lowest BCUT2D eigenvalue weighted by atomic mass is 9.97. The van der Waals surface area contributed by atoms with Crippen molar-refractivity contribution in [2.24, 2.45) is 0 Å². The molecule has 82 valence electrons. The molecule has 1 rings (SSSR count). The van der Waals surface area contributed by atoms with Crippen LogP contribution in [-0.4, -0.2) is 13.4 Å². The summed E-state index contributed by atoms with van der Waals surface area (Å²) in [6.45, 7) is 2.17. The van der Waals surface area contributed by atoms with Crippen molar-refractivity contribution in [1.29, 1.82) is 0 Å². The van der Waals surface area contributed by atoms with Crippen LogP contribution >= 0.6 is 0 Å². The fourth-order valence-corrected chi connectivity index (χ4v) is 1.42. The maximum atomic E-state index is 13.5. The summed E-state index contributed by atoms with van der Waals surface area (Å²) in [5.74, 6) is -0.208. The zero-order valence-corrected chi connectivity index (χ0v) is 9.00. The van der Waals surface area contributed by atoms with Gasteiger partial charge in [-0.25, -0.2) is 4.39 Å². The largest absolute Gasteiger partial charge is 0.380 e. The third-order valence-corrected chi connectivity index (χ3v) is 2.40. The van der Waals surface area contributed by atoms with Crippen LogP contribution in [0.25, 0.3) is 0 Å². The van der Waals surface area contributed by atoms with Gasteiger partial charge in [-0.1, -0.05) is 19.1 Å². The minimum Gasteiger partial charge on any atom is -0.380 e. The summed E-state index contributed by atoms with van der Waals surface area (Å²) in [4.78, 5) is 10.3. The highest BCUT2D eigenvalue weighted by molar-refractivity contribution is 5.51. The smallest absolute Gasteiger partial charge is 0.129 e. The van der Waals surface area contributed by atoms with Crippen molar-refractivity contribution in [2.45, 2.75) is 25.9 Å². The van der Waals surface area contributed by atoms with Gasteiger partial charge in [0.1, 0.15) is 12.1 Å². The number of methoxy groups -OCH3 is 1. The molecule has 0 aliphatic carbocycles. The predicted octanol–water partition coefficient (Wildman–Crippen LogP) is 2.66. The molecule has 0 spiro atoms. The molecule has 2 nitrogen and oxygen atoms in total. The molecule has 0 amide bonds. The molecule has 0 fully saturated rings. The van der Waals surface area contributed by atoms with E-state index in [0.29, 0.717) is 12.0 Å². The van der Waals surface area contributed by atoms with E-state index in [2.05, 4.69) is 0 Å². The van der Waals surface area contributed by atoms with Crippen molar-refractivity contribution in [3.8, 4) is 0 Å². The summed E-state index contributed by atoms with van der Waals surface area (Å²) >= 11 is 0. The topological polar surface area (TPSA) is 26.3 Å². The summed E-state index contributed by atoms with van der Waals surface area (Å²) in [6, 6.07) is 5.02. The number of carbonyl (C=O) groups is 1. The van der Waals surface area contributed by atoms with Crippen LogP contribution in [-0.2, 0) is 16.1 Å². The van der Waals surface area contributed by atoms with Crippen LogP contribution in [0.5, 0.6) is 0 Å². The number of carbonyl (C=O) groups excluding carboxylic acids is 1. The molecule has 0 heterocycles. The SMILES string of the molecule is COCc1ccc(C(C)CC=O)cc1F. The van der Waals surface area contributed by atoms with Crippen molar-refractivity contribution >= 4 is 6.29 Å². The summed E-state index contributed by atoms with van der Waals surface area (Å²) in [5.41, 5.74) is 1.39. The van der Waals surface area contributed by atoms with Gasteiger partial charge in [0, 0.05) is 19.1 Å². The van der Waals surface area contributed by atoms with E-state index in [-0.39, 0.29) is 18.3 Å². The first-order chi connectivity index (χ1) is 7.19. The number of halogens is 1. The average molecular weight is 210 g/mol. The minimum atomic E-state index is -0.271. The van der Waals surface area contributed by atoms with E-state index < -0.39 is 0 Å². The van der Waals surface area contributed by atoms with Gasteiger partial charge in [0.25, 0.3) is 0 Å². The molecule has 3 heteroatoms. The molecule has 0 saturated heterocycles. The monoisotopic (exact) mass is 210 g/mol. The molecule has 0 N–H and O–H groups in total. The van der Waals surface area contributed by atoms with E-state index in [4.69, 9.17) is 4.74 Å². The third-order valence-electron chi connectivity index (χ3n) is 2.40. The Morgan fingerprint density at radius 1 is 1.53 bits per heavy atom. The number of rotatable bonds is 5. The van der Waals surface area contributed by atoms with E-state index in [9.17, 15) is 9.18 Å². The van der Waals surface area contributed by atoms with E-state index in [1.165, 1.54) is 13.2 Å². The Morgan fingerprint density at radius 3 is 2.80 bits per heavy atom. The summed E-state index contributed by atoms with van der Waals surface area (Å²) in [6.07, 6.45) is 1.27. The van der Waals surface area contributed by atoms with Crippen LogP contribution in [0.3, 0.4) is 0 Å². The van der Waals surface area contributed by atoms with Gasteiger partial charge in [-0.15, -0.1) is 0 Å². The van der Waals surface area contributed by atoms with Crippen LogP contribution in [0.4, 0.5) is 4.39 Å². The molecular formula is C12H15FO2. The van der Waals surface area contributed by atoms with Gasteiger partial charge in [0.05, 0.1) is 6.61 Å². The van der Waals surface area contributed by atoms with E-state index in [1.54, 1.807) is 6.07 Å². The van der Waals surface area contributed by atoms with Gasteiger partial charge in [-0.05, 0) is 17.5 Å². The van der Waals surface area contributed by atoms with Crippen LogP contribution in [0.15, 0.2) is 18.2 Å². The molecule has 15 heavy (non-hydrogen) atoms. The van der Waals surface area contributed by atoms with Crippen molar-refractivity contribution in [1.82, 2.24) is 0 Å². The summed E-state index contributed by atoms with van der Waals surface area (Å²) in [7, 11) is 1.53. The highest BCUT2D eigenvalue weighted by atomic mass is 19.1. The standard InChI is InChI=1S/C12H15FO2/c1-9(5-6-14)10-3-4-11(8-15-2)12(13)7-10/h3-4,6-7,9H,5,8H2,1-2H3. The van der Waals surface area contributed by atoms with Crippen molar-refractivity contribution < 1.29 is 13.9 Å². The number of aldehydes is 1. The first kappa shape index (κ1) is 11.9. The third kappa shape index (κ3) is 3.13. The zero-order chi connectivity index (χ0) is 11.3. The van der Waals surface area contributed by atoms with E-state index in [1.807, 2.05) is 13.0 Å². The molecule has 0 bridgehead atoms. The Balaban J connectivity index is 2.85. The lowest BCUT2D eigenvalue weighted by molar-refractivity contribution is -0.108. The van der Waals surface area contributed by atoms with Gasteiger partial charge in [0.2, 0.25) is 0 Å². The summed E-state index contributed by atoms with van der Waals surface area (Å²) < 4.78 is 18.3. The first-order valence-electron chi connectivity index (χ1n) is 4.90. The highest BCUT2D eigenvalue weighted by Crippen LogP contribution is 2.20. The maximum Gasteiger partial charge on any atom is 0.129 e. The molecule has 0 aliphatic rings. The fraction of sp³-hybridized carbons (Fsp3) is 0.417. The second kappa shape index (κ2) is 5.61. The van der Waals surface area contributed by atoms with Gasteiger partial charge in [-0.3, -0.25) is 0 Å². The predicted molar refractivity (Wildman–Crippen MR) is 56.2 cm³/mol. The van der Waals surface area contributed by atoms with Gasteiger partial charge in [0.15, 0.2) is 0 Å². The molecule has 0 radical (unpaired) electrons. The Bertz CT molecular complexity index is 336. The van der Waals surface area contributed by atoms with E-state index in [0.717, 1.165) is 11.8 Å². The quantitative estimate of drug-likeness (QED) is 0.698. The highest BCUT2D eigenvalue weighted by Gasteiger charge is 2.08.